The number of carbonyl (C=O) groups excluding carboxylic acids is 4. The van der Waals surface area contributed by atoms with Gasteiger partial charge in [-0.1, -0.05) is 63.2 Å². The van der Waals surface area contributed by atoms with Gasteiger partial charge in [-0.15, -0.1) is 0 Å². The van der Waals surface area contributed by atoms with Crippen LogP contribution in [0, 0.1) is 11.8 Å². The fourth-order valence-electron chi connectivity index (χ4n) is 5.17. The molecule has 0 aromatic heterocycles. The zero-order chi connectivity index (χ0) is 29.7. The standard InChI is InChI=1S/C30H40N4O6/c1-17(2)25-30(40)33(5)19(4)24(32-27(37)21-14-10-11-15-23(21)35)28(38)31-22(16-20-12-8-7-9-13-20)26(36)18(3)29(39)34(25)6/h7-15,17-19,22,24-26,35-36H,16H2,1-6H3,(H,31,38)(H,32,37)/t18-,19-,22+,24+,25?,26+/m1/s1. The van der Waals surface area contributed by atoms with Crippen LogP contribution in [0.25, 0.3) is 0 Å². The van der Waals surface area contributed by atoms with E-state index < -0.39 is 59.8 Å². The van der Waals surface area contributed by atoms with Crippen molar-refractivity contribution in [1.82, 2.24) is 20.4 Å². The number of aliphatic hydroxyl groups is 1. The molecular weight excluding hydrogens is 512 g/mol. The van der Waals surface area contributed by atoms with Crippen molar-refractivity contribution < 1.29 is 29.4 Å². The minimum Gasteiger partial charge on any atom is -0.507 e. The summed E-state index contributed by atoms with van der Waals surface area (Å²) in [7, 11) is 3.07. The number of para-hydroxylation sites is 1. The molecule has 216 valence electrons. The Bertz CT molecular complexity index is 1220. The van der Waals surface area contributed by atoms with Gasteiger partial charge in [0, 0.05) is 14.1 Å². The van der Waals surface area contributed by atoms with Crippen molar-refractivity contribution in [3.63, 3.8) is 0 Å². The predicted octanol–water partition coefficient (Wildman–Crippen LogP) is 1.56. The van der Waals surface area contributed by atoms with Crippen molar-refractivity contribution >= 4 is 23.6 Å². The molecule has 2 aromatic rings. The van der Waals surface area contributed by atoms with E-state index in [4.69, 9.17) is 0 Å². The highest BCUT2D eigenvalue weighted by atomic mass is 16.3. The van der Waals surface area contributed by atoms with Gasteiger partial charge in [0.25, 0.3) is 5.91 Å². The molecule has 1 saturated heterocycles. The van der Waals surface area contributed by atoms with Crippen LogP contribution in [0.4, 0.5) is 0 Å². The van der Waals surface area contributed by atoms with E-state index in [1.165, 1.54) is 29.0 Å². The lowest BCUT2D eigenvalue weighted by Gasteiger charge is -2.41. The number of amides is 4. The number of likely N-dealkylation sites (N-methyl/N-ethyl adjacent to an activating group) is 2. The molecule has 10 heteroatoms. The van der Waals surface area contributed by atoms with E-state index in [2.05, 4.69) is 10.6 Å². The van der Waals surface area contributed by atoms with Gasteiger partial charge in [-0.05, 0) is 37.0 Å². The Balaban J connectivity index is 2.08. The summed E-state index contributed by atoms with van der Waals surface area (Å²) in [5.41, 5.74) is 0.810. The second kappa shape index (κ2) is 13.0. The van der Waals surface area contributed by atoms with E-state index in [-0.39, 0.29) is 23.7 Å². The second-order valence-electron chi connectivity index (χ2n) is 10.9. The molecule has 0 saturated carbocycles. The maximum Gasteiger partial charge on any atom is 0.255 e. The number of nitrogens with zero attached hydrogens (tertiary/aromatic N) is 2. The maximum absolute atomic E-state index is 13.8. The Morgan fingerprint density at radius 1 is 0.950 bits per heavy atom. The van der Waals surface area contributed by atoms with Gasteiger partial charge in [0.2, 0.25) is 17.7 Å². The fourth-order valence-corrected chi connectivity index (χ4v) is 5.17. The molecule has 0 radical (unpaired) electrons. The molecule has 0 spiro atoms. The molecule has 10 nitrogen and oxygen atoms in total. The predicted molar refractivity (Wildman–Crippen MR) is 150 cm³/mol. The Morgan fingerprint density at radius 3 is 2.15 bits per heavy atom. The molecule has 40 heavy (non-hydrogen) atoms. The van der Waals surface area contributed by atoms with Gasteiger partial charge in [-0.3, -0.25) is 19.2 Å². The molecule has 1 aliphatic heterocycles. The van der Waals surface area contributed by atoms with Crippen molar-refractivity contribution in [2.45, 2.75) is 64.4 Å². The summed E-state index contributed by atoms with van der Waals surface area (Å²) in [6, 6.07) is 11.4. The number of nitrogens with one attached hydrogen (secondary N) is 2. The molecular formula is C30H40N4O6. The van der Waals surface area contributed by atoms with E-state index in [1.807, 2.05) is 44.2 Å². The summed E-state index contributed by atoms with van der Waals surface area (Å²) in [6.07, 6.45) is -1.06. The van der Waals surface area contributed by atoms with Crippen molar-refractivity contribution in [2.24, 2.45) is 11.8 Å². The molecule has 1 heterocycles. The van der Waals surface area contributed by atoms with Gasteiger partial charge in [0.05, 0.1) is 29.7 Å². The number of hydrogen-bond acceptors (Lipinski definition) is 6. The topological polar surface area (TPSA) is 139 Å². The Labute approximate surface area is 235 Å². The monoisotopic (exact) mass is 552 g/mol. The van der Waals surface area contributed by atoms with Gasteiger partial charge in [0.15, 0.2) is 0 Å². The molecule has 4 amide bonds. The van der Waals surface area contributed by atoms with E-state index in [0.717, 1.165) is 5.56 Å². The van der Waals surface area contributed by atoms with Gasteiger partial charge in [-0.2, -0.15) is 0 Å². The molecule has 1 aliphatic rings. The Kier molecular flexibility index (Phi) is 9.92. The quantitative estimate of drug-likeness (QED) is 0.444. The SMILES string of the molecule is CC(C)C1C(=O)N(C)[C@H](C)[C@H](NC(=O)c2ccccc2O)C(=O)N[C@@H](Cc2ccccc2)[C@@H](O)[C@@H](C)C(=O)N1C. The van der Waals surface area contributed by atoms with Gasteiger partial charge >= 0.3 is 0 Å². The summed E-state index contributed by atoms with van der Waals surface area (Å²) < 4.78 is 0. The number of benzene rings is 2. The van der Waals surface area contributed by atoms with Crippen LogP contribution < -0.4 is 10.6 Å². The Hall–Kier alpha value is -3.92. The summed E-state index contributed by atoms with van der Waals surface area (Å²) >= 11 is 0. The lowest BCUT2D eigenvalue weighted by molar-refractivity contribution is -0.152. The first-order valence-corrected chi connectivity index (χ1v) is 13.5. The largest absolute Gasteiger partial charge is 0.507 e. The highest BCUT2D eigenvalue weighted by Crippen LogP contribution is 2.23. The van der Waals surface area contributed by atoms with Crippen molar-refractivity contribution in [2.75, 3.05) is 14.1 Å². The molecule has 2 aromatic carbocycles. The number of phenols is 1. The first kappa shape index (κ1) is 30.6. The molecule has 6 atom stereocenters. The highest BCUT2D eigenvalue weighted by Gasteiger charge is 2.42. The maximum atomic E-state index is 13.8. The summed E-state index contributed by atoms with van der Waals surface area (Å²) in [5, 5.41) is 27.1. The van der Waals surface area contributed by atoms with Crippen LogP contribution in [0.5, 0.6) is 5.75 Å². The lowest BCUT2D eigenvalue weighted by Crippen LogP contribution is -2.64. The highest BCUT2D eigenvalue weighted by molar-refractivity contribution is 6.00. The average Bonchev–Trinajstić information content (AvgIpc) is 2.93. The third kappa shape index (κ3) is 6.62. The van der Waals surface area contributed by atoms with Crippen molar-refractivity contribution in [3.05, 3.63) is 65.7 Å². The van der Waals surface area contributed by atoms with E-state index in [1.54, 1.807) is 33.0 Å². The molecule has 4 N–H and O–H groups in total. The molecule has 1 fully saturated rings. The number of phenolic OH excluding ortho intramolecular Hbond substituents is 1. The molecule has 1 unspecified atom stereocenters. The van der Waals surface area contributed by atoms with E-state index in [0.29, 0.717) is 0 Å². The fraction of sp³-hybridized carbons (Fsp3) is 0.467. The third-order valence-corrected chi connectivity index (χ3v) is 7.75. The number of hydrogen-bond donors (Lipinski definition) is 4. The summed E-state index contributed by atoms with van der Waals surface area (Å²) in [5.74, 6) is -3.62. The van der Waals surface area contributed by atoms with Crippen LogP contribution >= 0.6 is 0 Å². The zero-order valence-electron chi connectivity index (χ0n) is 23.9. The molecule has 0 aliphatic carbocycles. The first-order chi connectivity index (χ1) is 18.8. The van der Waals surface area contributed by atoms with Gasteiger partial charge < -0.3 is 30.6 Å². The number of aliphatic hydroxyl groups excluding tert-OH is 1. The van der Waals surface area contributed by atoms with Crippen LogP contribution in [-0.2, 0) is 20.8 Å². The van der Waals surface area contributed by atoms with Gasteiger partial charge in [0.1, 0.15) is 17.8 Å². The minimum absolute atomic E-state index is 0.0255. The summed E-state index contributed by atoms with van der Waals surface area (Å²) in [4.78, 5) is 56.9. The number of rotatable bonds is 5. The minimum atomic E-state index is -1.29. The van der Waals surface area contributed by atoms with Crippen LogP contribution in [0.15, 0.2) is 54.6 Å². The normalized spacial score (nSPS) is 26.6. The first-order valence-electron chi connectivity index (χ1n) is 13.5. The summed E-state index contributed by atoms with van der Waals surface area (Å²) in [6.45, 7) is 6.84. The molecule has 3 rings (SSSR count). The lowest BCUT2D eigenvalue weighted by atomic mass is 9.89. The van der Waals surface area contributed by atoms with Crippen molar-refractivity contribution in [3.8, 4) is 5.75 Å². The van der Waals surface area contributed by atoms with Crippen LogP contribution in [0.1, 0.15) is 43.6 Å². The number of carbonyl (C=O) groups is 4. The van der Waals surface area contributed by atoms with E-state index in [9.17, 15) is 29.4 Å². The van der Waals surface area contributed by atoms with Crippen LogP contribution in [-0.4, -0.2) is 88.0 Å². The van der Waals surface area contributed by atoms with Crippen LogP contribution in [0.3, 0.4) is 0 Å². The smallest absolute Gasteiger partial charge is 0.255 e. The average molecular weight is 553 g/mol. The Morgan fingerprint density at radius 2 is 1.55 bits per heavy atom. The third-order valence-electron chi connectivity index (χ3n) is 7.75. The second-order valence-corrected chi connectivity index (χ2v) is 10.9. The van der Waals surface area contributed by atoms with E-state index >= 15 is 0 Å². The molecule has 0 bridgehead atoms. The van der Waals surface area contributed by atoms with Crippen molar-refractivity contribution in [1.29, 1.82) is 0 Å². The van der Waals surface area contributed by atoms with Gasteiger partial charge in [-0.25, -0.2) is 0 Å². The zero-order valence-corrected chi connectivity index (χ0v) is 23.9. The number of aromatic hydroxyl groups is 1. The van der Waals surface area contributed by atoms with Crippen LogP contribution in [0.2, 0.25) is 0 Å².